The number of hydrogen-bond acceptors (Lipinski definition) is 3. The van der Waals surface area contributed by atoms with Crippen LogP contribution in [0.4, 0.5) is 0 Å². The summed E-state index contributed by atoms with van der Waals surface area (Å²) < 4.78 is 4.71. The van der Waals surface area contributed by atoms with E-state index in [0.717, 1.165) is 17.6 Å². The summed E-state index contributed by atoms with van der Waals surface area (Å²) in [5, 5.41) is 1.27. The molecule has 4 aromatic heterocycles. The Hall–Kier alpha value is -3.05. The quantitative estimate of drug-likeness (QED) is 0.424. The molecule has 0 N–H and O–H groups in total. The average molecular weight is 341 g/mol. The minimum atomic E-state index is 0.887. The molecule has 1 aliphatic rings. The highest BCUT2D eigenvalue weighted by Crippen LogP contribution is 2.39. The maximum absolute atomic E-state index is 4.72. The molecule has 0 unspecified atom stereocenters. The Kier molecular flexibility index (Phi) is 2.51. The van der Waals surface area contributed by atoms with Gasteiger partial charge in [-0.05, 0) is 41.7 Å². The molecule has 0 aliphatic carbocycles. The first-order valence-corrected chi connectivity index (χ1v) is 9.04. The van der Waals surface area contributed by atoms with Gasteiger partial charge in [0.05, 0.1) is 11.1 Å². The van der Waals surface area contributed by atoms with Crippen LogP contribution in [-0.4, -0.2) is 14.5 Å². The molecule has 1 aromatic carbocycles. The number of benzene rings is 1. The van der Waals surface area contributed by atoms with Crippen molar-refractivity contribution in [2.45, 2.75) is 6.54 Å². The van der Waals surface area contributed by atoms with Crippen molar-refractivity contribution in [1.29, 1.82) is 0 Å². The highest BCUT2D eigenvalue weighted by molar-refractivity contribution is 7.21. The number of thiazole rings is 1. The van der Waals surface area contributed by atoms with Gasteiger partial charge in [-0.2, -0.15) is 4.57 Å². The molecule has 0 fully saturated rings. The highest BCUT2D eigenvalue weighted by Gasteiger charge is 2.35. The van der Waals surface area contributed by atoms with Gasteiger partial charge < -0.3 is 0 Å². The second-order valence-electron chi connectivity index (χ2n) is 6.22. The van der Waals surface area contributed by atoms with Crippen LogP contribution in [0.3, 0.4) is 0 Å². The Morgan fingerprint density at radius 1 is 1.00 bits per heavy atom. The van der Waals surface area contributed by atoms with Gasteiger partial charge in [0, 0.05) is 29.8 Å². The second kappa shape index (κ2) is 4.74. The van der Waals surface area contributed by atoms with Crippen LogP contribution >= 0.6 is 11.3 Å². The Morgan fingerprint density at radius 2 is 1.92 bits per heavy atom. The minimum Gasteiger partial charge on any atom is -0.294 e. The van der Waals surface area contributed by atoms with Crippen molar-refractivity contribution in [2.75, 3.05) is 0 Å². The molecule has 0 saturated carbocycles. The van der Waals surface area contributed by atoms with Crippen LogP contribution in [0.5, 0.6) is 0 Å². The number of pyridine rings is 2. The zero-order chi connectivity index (χ0) is 16.4. The van der Waals surface area contributed by atoms with Crippen molar-refractivity contribution < 1.29 is 4.57 Å². The van der Waals surface area contributed by atoms with Crippen molar-refractivity contribution in [3.05, 3.63) is 72.7 Å². The normalized spacial score (nSPS) is 12.6. The van der Waals surface area contributed by atoms with Crippen molar-refractivity contribution in [2.24, 2.45) is 0 Å². The smallest absolute Gasteiger partial charge is 0.274 e. The van der Waals surface area contributed by atoms with E-state index in [2.05, 4.69) is 56.6 Å². The number of rotatable bonds is 1. The third-order valence-electron chi connectivity index (χ3n) is 4.85. The molecule has 5 heterocycles. The largest absolute Gasteiger partial charge is 0.294 e. The molecule has 0 radical (unpaired) electrons. The molecule has 0 bridgehead atoms. The number of aromatic nitrogens is 4. The Bertz CT molecular complexity index is 1270. The molecule has 6 rings (SSSR count). The first-order chi connectivity index (χ1) is 12.4. The van der Waals surface area contributed by atoms with E-state index >= 15 is 0 Å². The van der Waals surface area contributed by atoms with Gasteiger partial charge in [-0.15, -0.1) is 0 Å². The van der Waals surface area contributed by atoms with Crippen LogP contribution in [0.1, 0.15) is 5.56 Å². The van der Waals surface area contributed by atoms with Gasteiger partial charge in [0.1, 0.15) is 0 Å². The molecule has 5 heteroatoms. The summed E-state index contributed by atoms with van der Waals surface area (Å²) in [7, 11) is 0. The van der Waals surface area contributed by atoms with E-state index in [1.165, 1.54) is 32.2 Å². The topological polar surface area (TPSA) is 34.6 Å². The van der Waals surface area contributed by atoms with Crippen LogP contribution < -0.4 is 4.57 Å². The van der Waals surface area contributed by atoms with E-state index in [9.17, 15) is 0 Å². The summed E-state index contributed by atoms with van der Waals surface area (Å²) >= 11 is 1.82. The number of nitrogens with zero attached hydrogens (tertiary/aromatic N) is 4. The van der Waals surface area contributed by atoms with Crippen LogP contribution in [0.2, 0.25) is 0 Å². The summed E-state index contributed by atoms with van der Waals surface area (Å²) in [6.45, 7) is 0.887. The Labute approximate surface area is 147 Å². The van der Waals surface area contributed by atoms with Crippen molar-refractivity contribution in [3.8, 4) is 16.3 Å². The zero-order valence-corrected chi connectivity index (χ0v) is 14.1. The molecule has 5 aromatic rings. The molecule has 1 aliphatic heterocycles. The van der Waals surface area contributed by atoms with E-state index in [-0.39, 0.29) is 0 Å². The fourth-order valence-electron chi connectivity index (χ4n) is 3.77. The lowest BCUT2D eigenvalue weighted by molar-refractivity contribution is -0.641. The lowest BCUT2D eigenvalue weighted by atomic mass is 10.2. The van der Waals surface area contributed by atoms with Gasteiger partial charge in [-0.1, -0.05) is 18.2 Å². The molecular weight excluding hydrogens is 328 g/mol. The monoisotopic (exact) mass is 341 g/mol. The van der Waals surface area contributed by atoms with E-state index in [1.807, 2.05) is 36.0 Å². The predicted molar refractivity (Wildman–Crippen MR) is 99.0 cm³/mol. The zero-order valence-electron chi connectivity index (χ0n) is 13.3. The molecule has 0 saturated heterocycles. The third kappa shape index (κ3) is 1.68. The lowest BCUT2D eigenvalue weighted by Gasteiger charge is -2.04. The molecular formula is C20H13N4S+. The molecule has 4 nitrogen and oxygen atoms in total. The summed E-state index contributed by atoms with van der Waals surface area (Å²) in [6.07, 6.45) is 5.73. The van der Waals surface area contributed by atoms with E-state index < -0.39 is 0 Å². The van der Waals surface area contributed by atoms with Crippen LogP contribution in [0.25, 0.3) is 37.6 Å². The van der Waals surface area contributed by atoms with Crippen molar-refractivity contribution in [3.63, 3.8) is 0 Å². The van der Waals surface area contributed by atoms with Crippen LogP contribution in [-0.2, 0) is 6.54 Å². The molecule has 0 atom stereocenters. The van der Waals surface area contributed by atoms with Gasteiger partial charge in [0.2, 0.25) is 0 Å². The van der Waals surface area contributed by atoms with E-state index in [0.29, 0.717) is 0 Å². The van der Waals surface area contributed by atoms with Gasteiger partial charge in [-0.3, -0.25) is 9.55 Å². The average Bonchev–Trinajstić information content (AvgIpc) is 3.29. The van der Waals surface area contributed by atoms with Gasteiger partial charge >= 0.3 is 0 Å². The minimum absolute atomic E-state index is 0.887. The molecule has 0 amide bonds. The Balaban J connectivity index is 1.78. The van der Waals surface area contributed by atoms with E-state index in [1.54, 1.807) is 0 Å². The summed E-state index contributed by atoms with van der Waals surface area (Å²) in [5.74, 6) is 0. The van der Waals surface area contributed by atoms with Gasteiger partial charge in [0.25, 0.3) is 10.5 Å². The van der Waals surface area contributed by atoms with Crippen molar-refractivity contribution >= 4 is 32.7 Å². The first-order valence-electron chi connectivity index (χ1n) is 8.22. The number of para-hydroxylation sites is 1. The standard InChI is InChI=1S/C20H13N4S/c1-2-5-14(6-3-1)24-16-7-4-9-22-17(16)18-20(24)25-19-15-11-21-10-8-13(15)12-23(18)19/h1-11H,12H2/q+1. The number of fused-ring (bicyclic) bond motifs is 7. The second-order valence-corrected chi connectivity index (χ2v) is 7.20. The SMILES string of the molecule is c1ccc(-n2c3cccnc3c3c2sc2[n+]3Cc3ccncc3-2)cc1. The molecule has 25 heavy (non-hydrogen) atoms. The Morgan fingerprint density at radius 3 is 2.84 bits per heavy atom. The summed E-state index contributed by atoms with van der Waals surface area (Å²) in [5.41, 5.74) is 7.18. The molecule has 118 valence electrons. The molecule has 0 spiro atoms. The number of hydrogen-bond donors (Lipinski definition) is 0. The fraction of sp³-hybridized carbons (Fsp3) is 0.0500. The van der Waals surface area contributed by atoms with Crippen molar-refractivity contribution in [1.82, 2.24) is 14.5 Å². The third-order valence-corrected chi connectivity index (χ3v) is 6.05. The fourth-order valence-corrected chi connectivity index (χ4v) is 5.11. The van der Waals surface area contributed by atoms with E-state index in [4.69, 9.17) is 4.98 Å². The maximum atomic E-state index is 4.72. The van der Waals surface area contributed by atoms with Crippen LogP contribution in [0, 0.1) is 0 Å². The van der Waals surface area contributed by atoms with Crippen LogP contribution in [0.15, 0.2) is 67.1 Å². The lowest BCUT2D eigenvalue weighted by Crippen LogP contribution is -2.30. The highest BCUT2D eigenvalue weighted by atomic mass is 32.1. The van der Waals surface area contributed by atoms with Gasteiger partial charge in [-0.25, -0.2) is 4.98 Å². The predicted octanol–water partition coefficient (Wildman–Crippen LogP) is 3.95. The summed E-state index contributed by atoms with van der Waals surface area (Å²) in [4.78, 5) is 10.3. The summed E-state index contributed by atoms with van der Waals surface area (Å²) in [6, 6.07) is 16.8. The maximum Gasteiger partial charge on any atom is 0.274 e. The first kappa shape index (κ1) is 13.3. The van der Waals surface area contributed by atoms with Gasteiger partial charge in [0.15, 0.2) is 16.9 Å².